The molecule has 2 aliphatic heterocycles. The first kappa shape index (κ1) is 29.4. The Morgan fingerprint density at radius 1 is 0.952 bits per heavy atom. The molecule has 1 amide bonds. The number of aryl methyl sites for hydroxylation is 1. The fourth-order valence-corrected chi connectivity index (χ4v) is 6.33. The minimum Gasteiger partial charge on any atom is -0.497 e. The molecule has 3 aromatic carbocycles. The van der Waals surface area contributed by atoms with Gasteiger partial charge in [0.1, 0.15) is 5.75 Å². The highest BCUT2D eigenvalue weighted by atomic mass is 32.2. The molecule has 3 aromatic rings. The summed E-state index contributed by atoms with van der Waals surface area (Å²) >= 11 is 0. The van der Waals surface area contributed by atoms with Crippen LogP contribution in [0.15, 0.2) is 88.9 Å². The molecule has 5 rings (SSSR count). The van der Waals surface area contributed by atoms with Gasteiger partial charge in [0.25, 0.3) is 5.91 Å². The molecule has 42 heavy (non-hydrogen) atoms. The summed E-state index contributed by atoms with van der Waals surface area (Å²) < 4.78 is 42.9. The van der Waals surface area contributed by atoms with Crippen LogP contribution in [0.1, 0.15) is 35.6 Å². The number of sulfonamides is 1. The lowest BCUT2D eigenvalue weighted by atomic mass is 9.98. The number of carbonyl (C=O) groups is 2. The molecule has 2 aliphatic rings. The van der Waals surface area contributed by atoms with E-state index >= 15 is 0 Å². The molecule has 0 saturated carbocycles. The Kier molecular flexibility index (Phi) is 9.31. The van der Waals surface area contributed by atoms with Gasteiger partial charge in [-0.2, -0.15) is 9.41 Å². The Balaban J connectivity index is 1.18. The normalized spacial score (nSPS) is 17.5. The summed E-state index contributed by atoms with van der Waals surface area (Å²) in [5.41, 5.74) is 3.38. The Morgan fingerprint density at radius 3 is 2.31 bits per heavy atom. The SMILES string of the molecule is COc1ccc([C@@H]2CC(c3ccccc3)=NN2C(=O)COC(=O)CCc2ccc(S(=O)(=O)N3CCOCC3)cc2)cc1. The van der Waals surface area contributed by atoms with Crippen molar-refractivity contribution in [3.8, 4) is 5.75 Å². The Hall–Kier alpha value is -4.06. The molecule has 220 valence electrons. The standard InChI is InChI=1S/C31H33N3O7S/c1-39-26-12-10-25(11-13-26)29-21-28(24-5-3-2-4-6-24)32-34(29)30(35)22-41-31(36)16-9-23-7-14-27(15-8-23)42(37,38)33-17-19-40-20-18-33/h2-8,10-15,29H,9,16-22H2,1H3/t29-/m0/s1. The van der Waals surface area contributed by atoms with Crippen LogP contribution in [0.2, 0.25) is 0 Å². The Bertz CT molecular complexity index is 1520. The first-order chi connectivity index (χ1) is 20.3. The number of esters is 1. The fraction of sp³-hybridized carbons (Fsp3) is 0.323. The van der Waals surface area contributed by atoms with Crippen molar-refractivity contribution < 1.29 is 32.2 Å². The molecule has 1 saturated heterocycles. The number of carbonyl (C=O) groups excluding carboxylic acids is 2. The van der Waals surface area contributed by atoms with E-state index in [9.17, 15) is 18.0 Å². The fourth-order valence-electron chi connectivity index (χ4n) is 4.92. The second kappa shape index (κ2) is 13.3. The van der Waals surface area contributed by atoms with Gasteiger partial charge < -0.3 is 14.2 Å². The smallest absolute Gasteiger partial charge is 0.306 e. The number of methoxy groups -OCH3 is 1. The third kappa shape index (κ3) is 6.87. The van der Waals surface area contributed by atoms with Crippen molar-refractivity contribution in [1.29, 1.82) is 0 Å². The molecule has 0 bridgehead atoms. The van der Waals surface area contributed by atoms with E-state index in [1.807, 2.05) is 54.6 Å². The van der Waals surface area contributed by atoms with Gasteiger partial charge >= 0.3 is 5.97 Å². The van der Waals surface area contributed by atoms with E-state index in [1.165, 1.54) is 9.31 Å². The van der Waals surface area contributed by atoms with Crippen molar-refractivity contribution in [1.82, 2.24) is 9.31 Å². The maximum atomic E-state index is 13.2. The van der Waals surface area contributed by atoms with E-state index < -0.39 is 28.5 Å². The molecule has 2 heterocycles. The molecule has 10 nitrogen and oxygen atoms in total. The summed E-state index contributed by atoms with van der Waals surface area (Å²) in [6.07, 6.45) is 0.913. The number of morpholine rings is 1. The van der Waals surface area contributed by atoms with E-state index in [2.05, 4.69) is 5.10 Å². The van der Waals surface area contributed by atoms with Gasteiger partial charge in [0.2, 0.25) is 10.0 Å². The topological polar surface area (TPSA) is 115 Å². The third-order valence-corrected chi connectivity index (χ3v) is 9.19. The lowest BCUT2D eigenvalue weighted by Gasteiger charge is -2.26. The van der Waals surface area contributed by atoms with E-state index in [1.54, 1.807) is 31.4 Å². The van der Waals surface area contributed by atoms with E-state index in [4.69, 9.17) is 14.2 Å². The maximum Gasteiger partial charge on any atom is 0.306 e. The van der Waals surface area contributed by atoms with Gasteiger partial charge in [0.15, 0.2) is 6.61 Å². The largest absolute Gasteiger partial charge is 0.497 e. The van der Waals surface area contributed by atoms with Crippen molar-refractivity contribution >= 4 is 27.6 Å². The number of hydrazone groups is 1. The second-order valence-corrected chi connectivity index (χ2v) is 11.9. The van der Waals surface area contributed by atoms with Gasteiger partial charge in [0, 0.05) is 25.9 Å². The molecule has 11 heteroatoms. The van der Waals surface area contributed by atoms with Gasteiger partial charge in [-0.15, -0.1) is 0 Å². The van der Waals surface area contributed by atoms with Crippen LogP contribution in [0.4, 0.5) is 0 Å². The highest BCUT2D eigenvalue weighted by Crippen LogP contribution is 2.33. The summed E-state index contributed by atoms with van der Waals surface area (Å²) in [6, 6.07) is 23.3. The van der Waals surface area contributed by atoms with Gasteiger partial charge in [-0.05, 0) is 47.4 Å². The third-order valence-electron chi connectivity index (χ3n) is 7.28. The Morgan fingerprint density at radius 2 is 1.64 bits per heavy atom. The molecular weight excluding hydrogens is 558 g/mol. The monoisotopic (exact) mass is 591 g/mol. The quantitative estimate of drug-likeness (QED) is 0.331. The molecular formula is C31H33N3O7S. The van der Waals surface area contributed by atoms with Crippen molar-refractivity contribution in [2.24, 2.45) is 5.10 Å². The summed E-state index contributed by atoms with van der Waals surface area (Å²) in [5.74, 6) is -0.241. The lowest BCUT2D eigenvalue weighted by molar-refractivity contribution is -0.152. The van der Waals surface area contributed by atoms with Crippen molar-refractivity contribution in [3.05, 3.63) is 95.6 Å². The van der Waals surface area contributed by atoms with Crippen LogP contribution in [0.3, 0.4) is 0 Å². The van der Waals surface area contributed by atoms with Crippen LogP contribution in [0.5, 0.6) is 5.75 Å². The predicted octanol–water partition coefficient (Wildman–Crippen LogP) is 3.57. The molecule has 1 fully saturated rings. The zero-order valence-electron chi connectivity index (χ0n) is 23.3. The van der Waals surface area contributed by atoms with Crippen LogP contribution in [0.25, 0.3) is 0 Å². The second-order valence-electron chi connectivity index (χ2n) is 9.97. The van der Waals surface area contributed by atoms with Crippen molar-refractivity contribution in [3.63, 3.8) is 0 Å². The molecule has 0 radical (unpaired) electrons. The van der Waals surface area contributed by atoms with Crippen LogP contribution in [-0.4, -0.2) is 75.3 Å². The van der Waals surface area contributed by atoms with Crippen LogP contribution in [0, 0.1) is 0 Å². The first-order valence-electron chi connectivity index (χ1n) is 13.8. The number of nitrogens with zero attached hydrogens (tertiary/aromatic N) is 3. The summed E-state index contributed by atoms with van der Waals surface area (Å²) in [7, 11) is -1.99. The minimum absolute atomic E-state index is 0.0449. The van der Waals surface area contributed by atoms with Gasteiger partial charge in [-0.1, -0.05) is 54.6 Å². The van der Waals surface area contributed by atoms with Crippen molar-refractivity contribution in [2.75, 3.05) is 40.0 Å². The average molecular weight is 592 g/mol. The summed E-state index contributed by atoms with van der Waals surface area (Å²) in [5, 5.41) is 6.00. The predicted molar refractivity (Wildman–Crippen MR) is 155 cm³/mol. The zero-order chi connectivity index (χ0) is 29.5. The molecule has 0 aromatic heterocycles. The highest BCUT2D eigenvalue weighted by molar-refractivity contribution is 7.89. The van der Waals surface area contributed by atoms with Gasteiger partial charge in [-0.3, -0.25) is 9.59 Å². The van der Waals surface area contributed by atoms with Crippen LogP contribution < -0.4 is 4.74 Å². The van der Waals surface area contributed by atoms with Crippen LogP contribution >= 0.6 is 0 Å². The summed E-state index contributed by atoms with van der Waals surface area (Å²) in [4.78, 5) is 25.9. The molecule has 1 atom stereocenters. The number of hydrogen-bond acceptors (Lipinski definition) is 8. The molecule has 0 spiro atoms. The van der Waals surface area contributed by atoms with Crippen molar-refractivity contribution in [2.45, 2.75) is 30.2 Å². The van der Waals surface area contributed by atoms with E-state index in [-0.39, 0.29) is 17.4 Å². The first-order valence-corrected chi connectivity index (χ1v) is 15.2. The number of hydrogen-bond donors (Lipinski definition) is 0. The van der Waals surface area contributed by atoms with Gasteiger partial charge in [0.05, 0.1) is 37.0 Å². The number of benzene rings is 3. The maximum absolute atomic E-state index is 13.2. The number of ether oxygens (including phenoxy) is 3. The lowest BCUT2D eigenvalue weighted by Crippen LogP contribution is -2.40. The van der Waals surface area contributed by atoms with Gasteiger partial charge in [-0.25, -0.2) is 13.4 Å². The summed E-state index contributed by atoms with van der Waals surface area (Å²) in [6.45, 7) is 0.968. The Labute approximate surface area is 245 Å². The number of rotatable bonds is 10. The average Bonchev–Trinajstić information content (AvgIpc) is 3.49. The van der Waals surface area contributed by atoms with Crippen LogP contribution in [-0.2, 0) is 35.5 Å². The van der Waals surface area contributed by atoms with E-state index in [0.29, 0.717) is 44.9 Å². The molecule has 0 aliphatic carbocycles. The molecule has 0 unspecified atom stereocenters. The molecule has 0 N–H and O–H groups in total. The highest BCUT2D eigenvalue weighted by Gasteiger charge is 2.33. The number of amides is 1. The zero-order valence-corrected chi connectivity index (χ0v) is 24.2. The minimum atomic E-state index is -3.58. The van der Waals surface area contributed by atoms with E-state index in [0.717, 1.165) is 22.4 Å².